The molecule has 2 unspecified atom stereocenters. The maximum atomic E-state index is 12.9. The lowest BCUT2D eigenvalue weighted by Gasteiger charge is -2.19. The SMILES string of the molecule is CSCCC(N)c1nc(C(=O)NC(c2ccccc2)c2ccc(Cl)cc2)cs1. The van der Waals surface area contributed by atoms with E-state index in [4.69, 9.17) is 17.3 Å². The molecular weight excluding hydrogens is 410 g/mol. The highest BCUT2D eigenvalue weighted by Crippen LogP contribution is 2.25. The van der Waals surface area contributed by atoms with Crippen LogP contribution in [0, 0.1) is 0 Å². The Morgan fingerprint density at radius 1 is 1.18 bits per heavy atom. The van der Waals surface area contributed by atoms with Gasteiger partial charge in [-0.05, 0) is 41.7 Å². The third-order valence-electron chi connectivity index (χ3n) is 4.32. The van der Waals surface area contributed by atoms with Gasteiger partial charge in [0.05, 0.1) is 12.1 Å². The van der Waals surface area contributed by atoms with Crippen LogP contribution >= 0.6 is 34.7 Å². The van der Waals surface area contributed by atoms with Gasteiger partial charge in [0, 0.05) is 10.4 Å². The molecule has 0 aliphatic heterocycles. The number of benzene rings is 2. The van der Waals surface area contributed by atoms with E-state index < -0.39 is 0 Å². The van der Waals surface area contributed by atoms with E-state index in [0.717, 1.165) is 28.3 Å². The van der Waals surface area contributed by atoms with E-state index in [9.17, 15) is 4.79 Å². The van der Waals surface area contributed by atoms with Crippen LogP contribution in [0.5, 0.6) is 0 Å². The van der Waals surface area contributed by atoms with Crippen molar-refractivity contribution in [3.8, 4) is 0 Å². The van der Waals surface area contributed by atoms with E-state index >= 15 is 0 Å². The third-order valence-corrected chi connectivity index (χ3v) is 6.19. The standard InChI is InChI=1S/C21H22ClN3OS2/c1-27-12-11-17(23)21-24-18(13-28-21)20(26)25-19(14-5-3-2-4-6-14)15-7-9-16(22)10-8-15/h2-10,13,17,19H,11-12,23H2,1H3,(H,25,26). The van der Waals surface area contributed by atoms with Crippen LogP contribution in [0.15, 0.2) is 60.0 Å². The van der Waals surface area contributed by atoms with Crippen molar-refractivity contribution in [2.24, 2.45) is 5.73 Å². The normalized spacial score (nSPS) is 13.1. The Balaban J connectivity index is 1.80. The number of halogens is 1. The minimum atomic E-state index is -0.290. The molecule has 3 aromatic rings. The highest BCUT2D eigenvalue weighted by molar-refractivity contribution is 7.98. The van der Waals surface area contributed by atoms with Crippen molar-refractivity contribution in [1.82, 2.24) is 10.3 Å². The van der Waals surface area contributed by atoms with E-state index in [1.54, 1.807) is 17.1 Å². The number of amides is 1. The highest BCUT2D eigenvalue weighted by atomic mass is 35.5. The number of nitrogens with one attached hydrogen (secondary N) is 1. The van der Waals surface area contributed by atoms with Gasteiger partial charge in [-0.25, -0.2) is 4.98 Å². The monoisotopic (exact) mass is 431 g/mol. The minimum Gasteiger partial charge on any atom is -0.340 e. The molecule has 4 nitrogen and oxygen atoms in total. The second kappa shape index (κ2) is 10.1. The number of nitrogens with zero attached hydrogens (tertiary/aromatic N) is 1. The first kappa shape index (κ1) is 20.9. The van der Waals surface area contributed by atoms with E-state index in [1.165, 1.54) is 11.3 Å². The van der Waals surface area contributed by atoms with Gasteiger partial charge in [-0.15, -0.1) is 11.3 Å². The molecule has 1 heterocycles. The molecule has 1 aromatic heterocycles. The summed E-state index contributed by atoms with van der Waals surface area (Å²) in [4.78, 5) is 17.3. The molecule has 146 valence electrons. The highest BCUT2D eigenvalue weighted by Gasteiger charge is 2.20. The number of nitrogens with two attached hydrogens (primary N) is 1. The molecule has 0 fully saturated rings. The molecule has 0 aliphatic rings. The fraction of sp³-hybridized carbons (Fsp3) is 0.238. The molecule has 2 aromatic carbocycles. The van der Waals surface area contributed by atoms with E-state index in [-0.39, 0.29) is 18.0 Å². The zero-order valence-electron chi connectivity index (χ0n) is 15.5. The number of thiazole rings is 1. The zero-order valence-corrected chi connectivity index (χ0v) is 17.9. The van der Waals surface area contributed by atoms with Gasteiger partial charge >= 0.3 is 0 Å². The van der Waals surface area contributed by atoms with Gasteiger partial charge in [-0.3, -0.25) is 4.79 Å². The Morgan fingerprint density at radius 3 is 2.54 bits per heavy atom. The summed E-state index contributed by atoms with van der Waals surface area (Å²) in [6.07, 6.45) is 2.89. The predicted molar refractivity (Wildman–Crippen MR) is 119 cm³/mol. The maximum absolute atomic E-state index is 12.9. The zero-order chi connectivity index (χ0) is 19.9. The van der Waals surface area contributed by atoms with Crippen LogP contribution in [-0.4, -0.2) is 22.9 Å². The molecule has 0 spiro atoms. The lowest BCUT2D eigenvalue weighted by Crippen LogP contribution is -2.29. The summed E-state index contributed by atoms with van der Waals surface area (Å²) in [5, 5.41) is 6.32. The number of hydrogen-bond donors (Lipinski definition) is 2. The van der Waals surface area contributed by atoms with Crippen LogP contribution in [0.25, 0.3) is 0 Å². The topological polar surface area (TPSA) is 68.0 Å². The Morgan fingerprint density at radius 2 is 1.86 bits per heavy atom. The van der Waals surface area contributed by atoms with Crippen molar-refractivity contribution in [2.75, 3.05) is 12.0 Å². The van der Waals surface area contributed by atoms with Gasteiger partial charge in [0.2, 0.25) is 0 Å². The van der Waals surface area contributed by atoms with Crippen LogP contribution in [0.2, 0.25) is 5.02 Å². The predicted octanol–water partition coefficient (Wildman–Crippen LogP) is 5.07. The minimum absolute atomic E-state index is 0.139. The molecule has 0 saturated heterocycles. The second-order valence-corrected chi connectivity index (χ2v) is 8.64. The van der Waals surface area contributed by atoms with Crippen LogP contribution in [0.4, 0.5) is 0 Å². The van der Waals surface area contributed by atoms with Gasteiger partial charge < -0.3 is 11.1 Å². The van der Waals surface area contributed by atoms with Crippen molar-refractivity contribution < 1.29 is 4.79 Å². The molecule has 3 N–H and O–H groups in total. The summed E-state index contributed by atoms with van der Waals surface area (Å²) in [6.45, 7) is 0. The van der Waals surface area contributed by atoms with Gasteiger partial charge in [-0.1, -0.05) is 54.1 Å². The Labute approximate surface area is 178 Å². The number of aromatic nitrogens is 1. The Kier molecular flexibility index (Phi) is 7.50. The van der Waals surface area contributed by atoms with E-state index in [1.807, 2.05) is 60.9 Å². The first-order chi connectivity index (χ1) is 13.6. The molecular formula is C21H22ClN3OS2. The van der Waals surface area contributed by atoms with Crippen molar-refractivity contribution >= 4 is 40.6 Å². The van der Waals surface area contributed by atoms with Crippen LogP contribution in [0.3, 0.4) is 0 Å². The van der Waals surface area contributed by atoms with Gasteiger partial charge in [-0.2, -0.15) is 11.8 Å². The molecule has 0 radical (unpaired) electrons. The fourth-order valence-corrected chi connectivity index (χ4v) is 4.25. The quantitative estimate of drug-likeness (QED) is 0.522. The Bertz CT molecular complexity index is 900. The summed E-state index contributed by atoms with van der Waals surface area (Å²) in [7, 11) is 0. The molecule has 3 rings (SSSR count). The fourth-order valence-electron chi connectivity index (χ4n) is 2.80. The van der Waals surface area contributed by atoms with Gasteiger partial charge in [0.1, 0.15) is 10.7 Å². The first-order valence-electron chi connectivity index (χ1n) is 8.89. The number of carbonyl (C=O) groups is 1. The van der Waals surface area contributed by atoms with Crippen molar-refractivity contribution in [3.63, 3.8) is 0 Å². The lowest BCUT2D eigenvalue weighted by atomic mass is 9.98. The summed E-state index contributed by atoms with van der Waals surface area (Å²) >= 11 is 9.21. The molecule has 28 heavy (non-hydrogen) atoms. The summed E-state index contributed by atoms with van der Waals surface area (Å²) in [6, 6.07) is 16.9. The maximum Gasteiger partial charge on any atom is 0.271 e. The van der Waals surface area contributed by atoms with Crippen LogP contribution in [0.1, 0.15) is 45.1 Å². The molecule has 1 amide bonds. The summed E-state index contributed by atoms with van der Waals surface area (Å²) in [5.74, 6) is 0.748. The first-order valence-corrected chi connectivity index (χ1v) is 11.5. The Hall–Kier alpha value is -1.86. The molecule has 0 saturated carbocycles. The average molecular weight is 432 g/mol. The average Bonchev–Trinajstić information content (AvgIpc) is 3.22. The smallest absolute Gasteiger partial charge is 0.271 e. The van der Waals surface area contributed by atoms with Crippen molar-refractivity contribution in [3.05, 3.63) is 86.8 Å². The second-order valence-electron chi connectivity index (χ2n) is 6.33. The molecule has 0 aliphatic carbocycles. The van der Waals surface area contributed by atoms with Gasteiger partial charge in [0.15, 0.2) is 0 Å². The molecule has 0 bridgehead atoms. The third kappa shape index (κ3) is 5.35. The van der Waals surface area contributed by atoms with Crippen LogP contribution in [-0.2, 0) is 0 Å². The molecule has 7 heteroatoms. The van der Waals surface area contributed by atoms with Crippen molar-refractivity contribution in [1.29, 1.82) is 0 Å². The van der Waals surface area contributed by atoms with Gasteiger partial charge in [0.25, 0.3) is 5.91 Å². The number of hydrogen-bond acceptors (Lipinski definition) is 5. The number of rotatable bonds is 8. The van der Waals surface area contributed by atoms with E-state index in [2.05, 4.69) is 10.3 Å². The number of thioether (sulfide) groups is 1. The number of carbonyl (C=O) groups excluding carboxylic acids is 1. The summed E-state index contributed by atoms with van der Waals surface area (Å²) in [5.41, 5.74) is 8.53. The largest absolute Gasteiger partial charge is 0.340 e. The van der Waals surface area contributed by atoms with Crippen LogP contribution < -0.4 is 11.1 Å². The molecule has 2 atom stereocenters. The lowest BCUT2D eigenvalue weighted by molar-refractivity contribution is 0.0938. The van der Waals surface area contributed by atoms with E-state index in [0.29, 0.717) is 10.7 Å². The van der Waals surface area contributed by atoms with Crippen molar-refractivity contribution in [2.45, 2.75) is 18.5 Å². The summed E-state index contributed by atoms with van der Waals surface area (Å²) < 4.78 is 0.